The lowest BCUT2D eigenvalue weighted by Crippen LogP contribution is -2.51. The van der Waals surface area contributed by atoms with Crippen molar-refractivity contribution in [1.29, 1.82) is 0 Å². The lowest BCUT2D eigenvalue weighted by Gasteiger charge is -2.42. The third-order valence-electron chi connectivity index (χ3n) is 4.86. The van der Waals surface area contributed by atoms with E-state index in [0.717, 1.165) is 44.3 Å². The van der Waals surface area contributed by atoms with Gasteiger partial charge in [0, 0.05) is 19.1 Å². The minimum absolute atomic E-state index is 0.465. The molecule has 4 atom stereocenters. The first-order chi connectivity index (χ1) is 8.50. The molecule has 1 heterocycles. The molecular weight excluding hydrogens is 224 g/mol. The van der Waals surface area contributed by atoms with Gasteiger partial charge in [-0.3, -0.25) is 0 Å². The Hall–Kier alpha value is -0.120. The van der Waals surface area contributed by atoms with Crippen molar-refractivity contribution in [1.82, 2.24) is 10.2 Å². The highest BCUT2D eigenvalue weighted by Gasteiger charge is 2.33. The summed E-state index contributed by atoms with van der Waals surface area (Å²) in [6, 6.07) is 0.674. The van der Waals surface area contributed by atoms with Gasteiger partial charge in [0.15, 0.2) is 0 Å². The standard InChI is InChI=1S/C15H30N2O/c1-12-5-6-14(16-3)13(9-12)10-17-8-4-7-15(2,18)11-17/h12-14,16,18H,4-11H2,1-3H3. The molecule has 1 saturated heterocycles. The summed E-state index contributed by atoms with van der Waals surface area (Å²) in [5.41, 5.74) is -0.465. The number of β-amino-alcohol motifs (C(OH)–C–C–N with tert-alkyl or cyclic N) is 1. The minimum atomic E-state index is -0.465. The molecule has 0 aromatic carbocycles. The number of likely N-dealkylation sites (tertiary alicyclic amines) is 1. The second-order valence-electron chi connectivity index (χ2n) is 6.91. The molecule has 2 rings (SSSR count). The van der Waals surface area contributed by atoms with E-state index < -0.39 is 5.60 Å². The highest BCUT2D eigenvalue weighted by molar-refractivity contribution is 4.88. The first-order valence-electron chi connectivity index (χ1n) is 7.62. The second kappa shape index (κ2) is 5.89. The van der Waals surface area contributed by atoms with Gasteiger partial charge >= 0.3 is 0 Å². The monoisotopic (exact) mass is 254 g/mol. The fourth-order valence-corrected chi connectivity index (χ4v) is 3.89. The van der Waals surface area contributed by atoms with Crippen LogP contribution in [0.1, 0.15) is 46.0 Å². The Morgan fingerprint density at radius 1 is 1.39 bits per heavy atom. The minimum Gasteiger partial charge on any atom is -0.389 e. The maximum atomic E-state index is 10.2. The number of aliphatic hydroxyl groups is 1. The molecule has 106 valence electrons. The Balaban J connectivity index is 1.90. The van der Waals surface area contributed by atoms with Gasteiger partial charge in [-0.1, -0.05) is 6.92 Å². The predicted molar refractivity (Wildman–Crippen MR) is 75.7 cm³/mol. The Morgan fingerprint density at radius 3 is 2.83 bits per heavy atom. The van der Waals surface area contributed by atoms with Crippen LogP contribution in [0.2, 0.25) is 0 Å². The Bertz CT molecular complexity index is 267. The van der Waals surface area contributed by atoms with Gasteiger partial charge in [0.25, 0.3) is 0 Å². The van der Waals surface area contributed by atoms with E-state index in [4.69, 9.17) is 0 Å². The summed E-state index contributed by atoms with van der Waals surface area (Å²) in [5.74, 6) is 1.62. The topological polar surface area (TPSA) is 35.5 Å². The molecular formula is C15H30N2O. The molecule has 0 aromatic rings. The molecule has 2 N–H and O–H groups in total. The van der Waals surface area contributed by atoms with Gasteiger partial charge in [-0.25, -0.2) is 0 Å². The van der Waals surface area contributed by atoms with Crippen LogP contribution in [0.3, 0.4) is 0 Å². The Labute approximate surface area is 112 Å². The lowest BCUT2D eigenvalue weighted by molar-refractivity contribution is -0.0241. The molecule has 0 spiro atoms. The molecule has 3 heteroatoms. The van der Waals surface area contributed by atoms with Crippen LogP contribution in [0.15, 0.2) is 0 Å². The Morgan fingerprint density at radius 2 is 2.17 bits per heavy atom. The normalized spacial score (nSPS) is 43.0. The predicted octanol–water partition coefficient (Wildman–Crippen LogP) is 1.86. The zero-order chi connectivity index (χ0) is 13.2. The van der Waals surface area contributed by atoms with Gasteiger partial charge in [0.1, 0.15) is 0 Å². The largest absolute Gasteiger partial charge is 0.389 e. The van der Waals surface area contributed by atoms with Crippen LogP contribution >= 0.6 is 0 Å². The molecule has 2 aliphatic rings. The van der Waals surface area contributed by atoms with Crippen LogP contribution in [0.5, 0.6) is 0 Å². The van der Waals surface area contributed by atoms with E-state index in [0.29, 0.717) is 6.04 Å². The summed E-state index contributed by atoms with van der Waals surface area (Å²) >= 11 is 0. The van der Waals surface area contributed by atoms with Crippen molar-refractivity contribution in [3.63, 3.8) is 0 Å². The fraction of sp³-hybridized carbons (Fsp3) is 1.00. The van der Waals surface area contributed by atoms with Crippen molar-refractivity contribution in [2.45, 2.75) is 57.6 Å². The summed E-state index contributed by atoms with van der Waals surface area (Å²) in [4.78, 5) is 2.48. The van der Waals surface area contributed by atoms with E-state index in [-0.39, 0.29) is 0 Å². The average molecular weight is 254 g/mol. The van der Waals surface area contributed by atoms with Gasteiger partial charge in [-0.15, -0.1) is 0 Å². The number of piperidine rings is 1. The summed E-state index contributed by atoms with van der Waals surface area (Å²) in [6.07, 6.45) is 6.11. The maximum Gasteiger partial charge on any atom is 0.0746 e. The first-order valence-corrected chi connectivity index (χ1v) is 7.62. The SMILES string of the molecule is CNC1CCC(C)CC1CN1CCCC(C)(O)C1. The summed E-state index contributed by atoms with van der Waals surface area (Å²) in [6.45, 7) is 7.54. The van der Waals surface area contributed by atoms with E-state index in [9.17, 15) is 5.11 Å². The molecule has 1 saturated carbocycles. The molecule has 2 fully saturated rings. The average Bonchev–Trinajstić information content (AvgIpc) is 2.28. The quantitative estimate of drug-likeness (QED) is 0.807. The molecule has 0 radical (unpaired) electrons. The van der Waals surface area contributed by atoms with Gasteiger partial charge in [-0.05, 0) is 64.5 Å². The molecule has 0 aromatic heterocycles. The zero-order valence-electron chi connectivity index (χ0n) is 12.3. The number of nitrogens with one attached hydrogen (secondary N) is 1. The van der Waals surface area contributed by atoms with Crippen LogP contribution in [0, 0.1) is 11.8 Å². The second-order valence-corrected chi connectivity index (χ2v) is 6.91. The number of rotatable bonds is 3. The highest BCUT2D eigenvalue weighted by atomic mass is 16.3. The van der Waals surface area contributed by atoms with Gasteiger partial charge in [-0.2, -0.15) is 0 Å². The van der Waals surface area contributed by atoms with Crippen molar-refractivity contribution in [2.24, 2.45) is 11.8 Å². The van der Waals surface area contributed by atoms with E-state index in [1.54, 1.807) is 0 Å². The third-order valence-corrected chi connectivity index (χ3v) is 4.86. The van der Waals surface area contributed by atoms with Gasteiger partial charge in [0.2, 0.25) is 0 Å². The number of hydrogen-bond acceptors (Lipinski definition) is 3. The van der Waals surface area contributed by atoms with E-state index in [1.807, 2.05) is 6.92 Å². The summed E-state index contributed by atoms with van der Waals surface area (Å²) < 4.78 is 0. The molecule has 1 aliphatic heterocycles. The van der Waals surface area contributed by atoms with Crippen LogP contribution in [-0.4, -0.2) is 48.3 Å². The van der Waals surface area contributed by atoms with Crippen LogP contribution in [-0.2, 0) is 0 Å². The highest BCUT2D eigenvalue weighted by Crippen LogP contribution is 2.31. The van der Waals surface area contributed by atoms with Crippen LogP contribution in [0.25, 0.3) is 0 Å². The Kier molecular flexibility index (Phi) is 4.68. The number of nitrogens with zero attached hydrogens (tertiary/aromatic N) is 1. The van der Waals surface area contributed by atoms with Crippen molar-refractivity contribution in [2.75, 3.05) is 26.7 Å². The van der Waals surface area contributed by atoms with Crippen LogP contribution in [0.4, 0.5) is 0 Å². The van der Waals surface area contributed by atoms with Crippen molar-refractivity contribution < 1.29 is 5.11 Å². The molecule has 18 heavy (non-hydrogen) atoms. The molecule has 0 bridgehead atoms. The molecule has 1 aliphatic carbocycles. The van der Waals surface area contributed by atoms with E-state index in [1.165, 1.54) is 19.3 Å². The van der Waals surface area contributed by atoms with E-state index >= 15 is 0 Å². The third kappa shape index (κ3) is 3.69. The molecule has 3 nitrogen and oxygen atoms in total. The van der Waals surface area contributed by atoms with Crippen molar-refractivity contribution in [3.8, 4) is 0 Å². The van der Waals surface area contributed by atoms with Crippen molar-refractivity contribution >= 4 is 0 Å². The maximum absolute atomic E-state index is 10.2. The van der Waals surface area contributed by atoms with Crippen LogP contribution < -0.4 is 5.32 Å². The molecule has 4 unspecified atom stereocenters. The van der Waals surface area contributed by atoms with E-state index in [2.05, 4.69) is 24.2 Å². The van der Waals surface area contributed by atoms with Gasteiger partial charge < -0.3 is 15.3 Å². The smallest absolute Gasteiger partial charge is 0.0746 e. The summed E-state index contributed by atoms with van der Waals surface area (Å²) in [7, 11) is 2.10. The number of hydrogen-bond donors (Lipinski definition) is 2. The summed E-state index contributed by atoms with van der Waals surface area (Å²) in [5, 5.41) is 13.7. The van der Waals surface area contributed by atoms with Gasteiger partial charge in [0.05, 0.1) is 5.60 Å². The first kappa shape index (κ1) is 14.3. The molecule has 0 amide bonds. The lowest BCUT2D eigenvalue weighted by atomic mass is 9.78. The van der Waals surface area contributed by atoms with Crippen molar-refractivity contribution in [3.05, 3.63) is 0 Å². The zero-order valence-corrected chi connectivity index (χ0v) is 12.3. The fourth-order valence-electron chi connectivity index (χ4n) is 3.89.